The Hall–Kier alpha value is -2.57. The Bertz CT molecular complexity index is 791. The number of amides is 2. The maximum atomic E-state index is 12.3. The minimum atomic E-state index is -0.395. The number of halogens is 1. The van der Waals surface area contributed by atoms with E-state index in [4.69, 9.17) is 16.3 Å². The molecular formula is C19H20ClN3O3. The van der Waals surface area contributed by atoms with Gasteiger partial charge in [-0.1, -0.05) is 29.8 Å². The third-order valence-electron chi connectivity index (χ3n) is 3.96. The van der Waals surface area contributed by atoms with E-state index in [1.54, 1.807) is 24.3 Å². The van der Waals surface area contributed by atoms with Crippen LogP contribution in [0.5, 0.6) is 0 Å². The first-order valence-electron chi connectivity index (χ1n) is 8.39. The molecule has 1 heterocycles. The van der Waals surface area contributed by atoms with Crippen molar-refractivity contribution < 1.29 is 14.3 Å². The minimum Gasteiger partial charge on any atom is -0.378 e. The van der Waals surface area contributed by atoms with Crippen LogP contribution >= 0.6 is 11.6 Å². The normalized spacial score (nSPS) is 14.0. The van der Waals surface area contributed by atoms with Crippen molar-refractivity contribution in [3.63, 3.8) is 0 Å². The second-order valence-corrected chi connectivity index (χ2v) is 6.34. The zero-order chi connectivity index (χ0) is 18.4. The number of morpholine rings is 1. The van der Waals surface area contributed by atoms with E-state index >= 15 is 0 Å². The summed E-state index contributed by atoms with van der Waals surface area (Å²) in [5.74, 6) is -0.765. The molecule has 136 valence electrons. The molecule has 1 fully saturated rings. The third-order valence-corrected chi connectivity index (χ3v) is 4.19. The molecule has 6 nitrogen and oxygen atoms in total. The molecule has 0 unspecified atom stereocenters. The lowest BCUT2D eigenvalue weighted by molar-refractivity contribution is -0.123. The van der Waals surface area contributed by atoms with Gasteiger partial charge in [-0.25, -0.2) is 0 Å². The smallest absolute Gasteiger partial charge is 0.233 e. The molecule has 0 aliphatic carbocycles. The van der Waals surface area contributed by atoms with Gasteiger partial charge >= 0.3 is 0 Å². The molecule has 2 aromatic rings. The van der Waals surface area contributed by atoms with Crippen molar-refractivity contribution in [2.75, 3.05) is 41.8 Å². The first-order valence-corrected chi connectivity index (χ1v) is 8.76. The lowest BCUT2D eigenvalue weighted by atomic mass is 10.2. The number of nitrogens with one attached hydrogen (secondary N) is 2. The Labute approximate surface area is 157 Å². The highest BCUT2D eigenvalue weighted by atomic mass is 35.5. The van der Waals surface area contributed by atoms with Gasteiger partial charge in [-0.2, -0.15) is 0 Å². The fourth-order valence-electron chi connectivity index (χ4n) is 2.77. The first-order chi connectivity index (χ1) is 12.6. The Morgan fingerprint density at radius 2 is 1.73 bits per heavy atom. The highest BCUT2D eigenvalue weighted by Crippen LogP contribution is 2.26. The van der Waals surface area contributed by atoms with Gasteiger partial charge in [0.1, 0.15) is 6.42 Å². The van der Waals surface area contributed by atoms with Crippen LogP contribution in [0.2, 0.25) is 5.02 Å². The Morgan fingerprint density at radius 1 is 1.00 bits per heavy atom. The number of para-hydroxylation sites is 2. The SMILES string of the molecule is O=C(CC(=O)Nc1ccccc1N1CCOCC1)Nc1cccc(Cl)c1. The van der Waals surface area contributed by atoms with Gasteiger partial charge in [0.05, 0.1) is 24.6 Å². The number of carbonyl (C=O) groups excluding carboxylic acids is 2. The summed E-state index contributed by atoms with van der Waals surface area (Å²) in [7, 11) is 0. The molecule has 1 aliphatic rings. The summed E-state index contributed by atoms with van der Waals surface area (Å²) in [6, 6.07) is 14.4. The summed E-state index contributed by atoms with van der Waals surface area (Å²) >= 11 is 5.89. The second-order valence-electron chi connectivity index (χ2n) is 5.90. The molecule has 2 amide bonds. The molecule has 0 atom stereocenters. The van der Waals surface area contributed by atoms with Crippen LogP contribution in [0.3, 0.4) is 0 Å². The van der Waals surface area contributed by atoms with Crippen LogP contribution < -0.4 is 15.5 Å². The molecule has 0 radical (unpaired) electrons. The zero-order valence-corrected chi connectivity index (χ0v) is 15.0. The minimum absolute atomic E-state index is 0.274. The highest BCUT2D eigenvalue weighted by molar-refractivity contribution is 6.30. The summed E-state index contributed by atoms with van der Waals surface area (Å²) < 4.78 is 5.37. The second kappa shape index (κ2) is 8.69. The predicted octanol–water partition coefficient (Wildman–Crippen LogP) is 3.14. The first kappa shape index (κ1) is 18.2. The molecule has 7 heteroatoms. The quantitative estimate of drug-likeness (QED) is 0.790. The molecule has 1 saturated heterocycles. The number of anilines is 3. The molecule has 0 saturated carbocycles. The van der Waals surface area contributed by atoms with Gasteiger partial charge < -0.3 is 20.3 Å². The van der Waals surface area contributed by atoms with Gasteiger partial charge in [-0.15, -0.1) is 0 Å². The highest BCUT2D eigenvalue weighted by Gasteiger charge is 2.17. The summed E-state index contributed by atoms with van der Waals surface area (Å²) in [4.78, 5) is 26.5. The van der Waals surface area contributed by atoms with E-state index in [1.165, 1.54) is 0 Å². The fourth-order valence-corrected chi connectivity index (χ4v) is 2.96. The van der Waals surface area contributed by atoms with E-state index in [-0.39, 0.29) is 12.3 Å². The van der Waals surface area contributed by atoms with Crippen molar-refractivity contribution >= 4 is 40.5 Å². The van der Waals surface area contributed by atoms with Gasteiger partial charge in [0, 0.05) is 23.8 Å². The molecule has 0 spiro atoms. The number of benzene rings is 2. The Morgan fingerprint density at radius 3 is 2.50 bits per heavy atom. The molecule has 3 rings (SSSR count). The standard InChI is InChI=1S/C19H20ClN3O3/c20-14-4-3-5-15(12-14)21-18(24)13-19(25)22-16-6-1-2-7-17(16)23-8-10-26-11-9-23/h1-7,12H,8-11,13H2,(H,21,24)(H,22,25). The van der Waals surface area contributed by atoms with Gasteiger partial charge in [0.25, 0.3) is 0 Å². The lowest BCUT2D eigenvalue weighted by Crippen LogP contribution is -2.36. The Balaban J connectivity index is 1.60. The maximum absolute atomic E-state index is 12.3. The van der Waals surface area contributed by atoms with Crippen LogP contribution in [-0.4, -0.2) is 38.1 Å². The molecule has 0 aromatic heterocycles. The Kier molecular flexibility index (Phi) is 6.09. The van der Waals surface area contributed by atoms with Crippen LogP contribution in [-0.2, 0) is 14.3 Å². The van der Waals surface area contributed by atoms with E-state index in [0.29, 0.717) is 29.6 Å². The monoisotopic (exact) mass is 373 g/mol. The van der Waals surface area contributed by atoms with Gasteiger partial charge in [-0.05, 0) is 30.3 Å². The van der Waals surface area contributed by atoms with E-state index in [2.05, 4.69) is 15.5 Å². The van der Waals surface area contributed by atoms with Crippen molar-refractivity contribution in [3.8, 4) is 0 Å². The third kappa shape index (κ3) is 4.97. The van der Waals surface area contributed by atoms with Gasteiger partial charge in [0.15, 0.2) is 0 Å². The van der Waals surface area contributed by atoms with Crippen LogP contribution in [0.4, 0.5) is 17.1 Å². The van der Waals surface area contributed by atoms with Gasteiger partial charge in [-0.3, -0.25) is 9.59 Å². The summed E-state index contributed by atoms with van der Waals surface area (Å²) in [5, 5.41) is 6.01. The van der Waals surface area contributed by atoms with E-state index in [0.717, 1.165) is 18.8 Å². The van der Waals surface area contributed by atoms with Crippen LogP contribution in [0.1, 0.15) is 6.42 Å². The molecule has 2 N–H and O–H groups in total. The summed E-state index contributed by atoms with van der Waals surface area (Å²) in [5.41, 5.74) is 2.18. The van der Waals surface area contributed by atoms with Crippen molar-refractivity contribution in [2.24, 2.45) is 0 Å². The van der Waals surface area contributed by atoms with Crippen molar-refractivity contribution in [1.82, 2.24) is 0 Å². The predicted molar refractivity (Wildman–Crippen MR) is 103 cm³/mol. The van der Waals surface area contributed by atoms with Crippen molar-refractivity contribution in [1.29, 1.82) is 0 Å². The summed E-state index contributed by atoms with van der Waals surface area (Å²) in [6.07, 6.45) is -0.274. The van der Waals surface area contributed by atoms with Crippen molar-refractivity contribution in [2.45, 2.75) is 6.42 Å². The number of rotatable bonds is 5. The number of nitrogens with zero attached hydrogens (tertiary/aromatic N) is 1. The van der Waals surface area contributed by atoms with E-state index in [9.17, 15) is 9.59 Å². The average molecular weight is 374 g/mol. The van der Waals surface area contributed by atoms with Crippen molar-refractivity contribution in [3.05, 3.63) is 53.6 Å². The molecule has 26 heavy (non-hydrogen) atoms. The molecule has 0 bridgehead atoms. The van der Waals surface area contributed by atoms with E-state index in [1.807, 2.05) is 24.3 Å². The molecular weight excluding hydrogens is 354 g/mol. The number of ether oxygens (including phenoxy) is 1. The zero-order valence-electron chi connectivity index (χ0n) is 14.2. The fraction of sp³-hybridized carbons (Fsp3) is 0.263. The van der Waals surface area contributed by atoms with E-state index < -0.39 is 5.91 Å². The topological polar surface area (TPSA) is 70.7 Å². The van der Waals surface area contributed by atoms with Crippen LogP contribution in [0, 0.1) is 0 Å². The molecule has 1 aliphatic heterocycles. The lowest BCUT2D eigenvalue weighted by Gasteiger charge is -2.30. The molecule has 2 aromatic carbocycles. The van der Waals surface area contributed by atoms with Gasteiger partial charge in [0.2, 0.25) is 11.8 Å². The maximum Gasteiger partial charge on any atom is 0.233 e. The van der Waals surface area contributed by atoms with Crippen LogP contribution in [0.15, 0.2) is 48.5 Å². The largest absolute Gasteiger partial charge is 0.378 e. The number of carbonyl (C=O) groups is 2. The number of hydrogen-bond acceptors (Lipinski definition) is 4. The average Bonchev–Trinajstić information content (AvgIpc) is 2.62. The number of hydrogen-bond donors (Lipinski definition) is 2. The summed E-state index contributed by atoms with van der Waals surface area (Å²) in [6.45, 7) is 2.85. The van der Waals surface area contributed by atoms with Crippen LogP contribution in [0.25, 0.3) is 0 Å².